The number of nitrogens with zero attached hydrogens (tertiary/aromatic N) is 4. The van der Waals surface area contributed by atoms with E-state index >= 15 is 0 Å². The summed E-state index contributed by atoms with van der Waals surface area (Å²) in [6.07, 6.45) is 1.57. The molecule has 0 bridgehead atoms. The number of hydrogen-bond donors (Lipinski definition) is 0. The van der Waals surface area contributed by atoms with Gasteiger partial charge in [0.25, 0.3) is 5.56 Å². The number of rotatable bonds is 10. The molecule has 3 aromatic heterocycles. The van der Waals surface area contributed by atoms with E-state index in [4.69, 9.17) is 18.6 Å². The number of amides is 1. The molecule has 0 radical (unpaired) electrons. The minimum absolute atomic E-state index is 0.0394. The molecule has 1 amide bonds. The monoisotopic (exact) mass is 624 g/mol. The van der Waals surface area contributed by atoms with Crippen LogP contribution in [-0.2, 0) is 25.6 Å². The summed E-state index contributed by atoms with van der Waals surface area (Å²) in [5.74, 6) is -2.10. The van der Waals surface area contributed by atoms with Gasteiger partial charge in [-0.3, -0.25) is 23.7 Å². The normalized spacial score (nSPS) is 14.8. The number of benzene rings is 1. The third-order valence-electron chi connectivity index (χ3n) is 7.49. The van der Waals surface area contributed by atoms with Crippen LogP contribution in [0.25, 0.3) is 16.2 Å². The van der Waals surface area contributed by atoms with E-state index in [9.17, 15) is 24.0 Å². The lowest BCUT2D eigenvalue weighted by atomic mass is 9.96. The van der Waals surface area contributed by atoms with Crippen LogP contribution in [0.2, 0.25) is 0 Å². The number of aromatic nitrogens is 3. The second-order valence-electron chi connectivity index (χ2n) is 10.2. The first-order valence-corrected chi connectivity index (χ1v) is 14.9. The summed E-state index contributed by atoms with van der Waals surface area (Å²) in [6, 6.07) is 6.62. The van der Waals surface area contributed by atoms with Crippen LogP contribution in [0.1, 0.15) is 47.2 Å². The largest absolute Gasteiger partial charge is 0.496 e. The van der Waals surface area contributed by atoms with E-state index < -0.39 is 35.0 Å². The predicted octanol–water partition coefficient (Wildman–Crippen LogP) is 2.89. The maximum Gasteiger partial charge on any atom is 0.340 e. The maximum atomic E-state index is 14.0. The van der Waals surface area contributed by atoms with E-state index in [1.165, 1.54) is 31.1 Å². The molecule has 0 aliphatic carbocycles. The number of fused-ring (bicyclic) bond motifs is 1. The highest BCUT2D eigenvalue weighted by atomic mass is 32.1. The van der Waals surface area contributed by atoms with Crippen LogP contribution < -0.4 is 16.0 Å². The molecule has 14 heteroatoms. The Balaban J connectivity index is 1.70. The third kappa shape index (κ3) is 5.69. The fourth-order valence-corrected chi connectivity index (χ4v) is 6.35. The number of morpholine rings is 1. The summed E-state index contributed by atoms with van der Waals surface area (Å²) in [6.45, 7) is 6.05. The average molecular weight is 625 g/mol. The summed E-state index contributed by atoms with van der Waals surface area (Å²) < 4.78 is 24.0. The number of esters is 1. The molecule has 1 saturated heterocycles. The van der Waals surface area contributed by atoms with Gasteiger partial charge in [0.15, 0.2) is 5.78 Å². The summed E-state index contributed by atoms with van der Waals surface area (Å²) in [4.78, 5) is 74.0. The summed E-state index contributed by atoms with van der Waals surface area (Å²) in [7, 11) is 1.48. The number of carbonyl (C=O) groups is 3. The lowest BCUT2D eigenvalue weighted by Crippen LogP contribution is -2.45. The molecular formula is C30H32N4O9S. The minimum Gasteiger partial charge on any atom is -0.496 e. The first-order valence-electron chi connectivity index (χ1n) is 14.1. The zero-order valence-corrected chi connectivity index (χ0v) is 25.5. The number of carbonyl (C=O) groups excluding carboxylic acids is 3. The molecule has 0 saturated carbocycles. The SMILES string of the molecule is CCC(=O)O[C@@H](Cn1c(=O)n(-c2ncco2)c(=O)c2c(C(=O)C(C)C(=O)N3CCOCC3)c(C)sc21)c1ccccc1OC. The van der Waals surface area contributed by atoms with Crippen LogP contribution in [0.3, 0.4) is 0 Å². The highest BCUT2D eigenvalue weighted by molar-refractivity contribution is 7.19. The van der Waals surface area contributed by atoms with Gasteiger partial charge in [0.1, 0.15) is 22.9 Å². The van der Waals surface area contributed by atoms with Gasteiger partial charge in [0, 0.05) is 35.5 Å². The number of para-hydroxylation sites is 1. The van der Waals surface area contributed by atoms with E-state index in [-0.39, 0.29) is 40.7 Å². The van der Waals surface area contributed by atoms with Crippen molar-refractivity contribution < 1.29 is 33.0 Å². The first kappa shape index (κ1) is 30.9. The van der Waals surface area contributed by atoms with E-state index in [1.54, 1.807) is 43.0 Å². The molecule has 1 unspecified atom stereocenters. The van der Waals surface area contributed by atoms with Crippen molar-refractivity contribution in [2.24, 2.45) is 5.92 Å². The number of hydrogen-bond acceptors (Lipinski definition) is 11. The Bertz CT molecular complexity index is 1820. The Morgan fingerprint density at radius 1 is 1.14 bits per heavy atom. The molecule has 4 aromatic rings. The fraction of sp³-hybridized carbons (Fsp3) is 0.400. The molecule has 1 aliphatic rings. The quantitative estimate of drug-likeness (QED) is 0.146. The van der Waals surface area contributed by atoms with Crippen LogP contribution in [0.4, 0.5) is 0 Å². The van der Waals surface area contributed by atoms with Crippen molar-refractivity contribution in [2.75, 3.05) is 33.4 Å². The van der Waals surface area contributed by atoms with E-state index in [2.05, 4.69) is 4.98 Å². The van der Waals surface area contributed by atoms with Gasteiger partial charge >= 0.3 is 17.7 Å². The summed E-state index contributed by atoms with van der Waals surface area (Å²) >= 11 is 1.07. The minimum atomic E-state index is -1.09. The van der Waals surface area contributed by atoms with Crippen molar-refractivity contribution >= 4 is 39.2 Å². The van der Waals surface area contributed by atoms with Crippen molar-refractivity contribution in [3.63, 3.8) is 0 Å². The molecule has 232 valence electrons. The molecule has 4 heterocycles. The third-order valence-corrected chi connectivity index (χ3v) is 8.62. The molecule has 2 atom stereocenters. The van der Waals surface area contributed by atoms with Crippen molar-refractivity contribution in [1.29, 1.82) is 0 Å². The van der Waals surface area contributed by atoms with Gasteiger partial charge in [-0.25, -0.2) is 9.78 Å². The number of oxazole rings is 1. The standard InChI is InChI=1S/C30H32N4O9S/c1-5-22(35)43-21(19-8-6-7-9-20(19)40-4)16-33-28-24(27(38)34(30(33)39)29-31-10-13-42-29)23(18(3)44-28)25(36)17(2)26(37)32-11-14-41-15-12-32/h6-10,13,17,21H,5,11-12,14-16H2,1-4H3/t17?,21-/m0/s1. The molecular weight excluding hydrogens is 592 g/mol. The van der Waals surface area contributed by atoms with Crippen LogP contribution in [0, 0.1) is 12.8 Å². The Kier molecular flexibility index (Phi) is 9.11. The van der Waals surface area contributed by atoms with E-state index in [0.29, 0.717) is 42.5 Å². The van der Waals surface area contributed by atoms with Crippen LogP contribution >= 0.6 is 11.3 Å². The van der Waals surface area contributed by atoms with E-state index in [0.717, 1.165) is 15.9 Å². The average Bonchev–Trinajstić information content (AvgIpc) is 3.69. The molecule has 5 rings (SSSR count). The first-order chi connectivity index (χ1) is 21.2. The fourth-order valence-electron chi connectivity index (χ4n) is 5.20. The maximum absolute atomic E-state index is 14.0. The topological polar surface area (TPSA) is 152 Å². The zero-order chi connectivity index (χ0) is 31.5. The highest BCUT2D eigenvalue weighted by Gasteiger charge is 2.34. The van der Waals surface area contributed by atoms with Gasteiger partial charge in [0.2, 0.25) is 5.91 Å². The summed E-state index contributed by atoms with van der Waals surface area (Å²) in [5.41, 5.74) is -1.09. The number of thiophene rings is 1. The van der Waals surface area contributed by atoms with Gasteiger partial charge < -0.3 is 23.5 Å². The molecule has 13 nitrogen and oxygen atoms in total. The number of ketones is 1. The number of methoxy groups -OCH3 is 1. The Hall–Kier alpha value is -4.56. The van der Waals surface area contributed by atoms with E-state index in [1.807, 2.05) is 0 Å². The lowest BCUT2D eigenvalue weighted by Gasteiger charge is -2.28. The molecule has 0 spiro atoms. The number of aryl methyl sites for hydroxylation is 1. The van der Waals surface area contributed by atoms with Crippen molar-refractivity contribution in [2.45, 2.75) is 39.8 Å². The Morgan fingerprint density at radius 2 is 1.86 bits per heavy atom. The Labute approximate surface area is 255 Å². The second-order valence-corrected chi connectivity index (χ2v) is 11.4. The lowest BCUT2D eigenvalue weighted by molar-refractivity contribution is -0.149. The molecule has 0 N–H and O–H groups in total. The highest BCUT2D eigenvalue weighted by Crippen LogP contribution is 2.34. The predicted molar refractivity (Wildman–Crippen MR) is 159 cm³/mol. The summed E-state index contributed by atoms with van der Waals surface area (Å²) in [5, 5.41) is -0.0578. The van der Waals surface area contributed by atoms with Crippen molar-refractivity contribution in [3.8, 4) is 11.8 Å². The Morgan fingerprint density at radius 3 is 2.52 bits per heavy atom. The van der Waals surface area contributed by atoms with Gasteiger partial charge in [-0.05, 0) is 19.9 Å². The molecule has 1 aromatic carbocycles. The molecule has 1 aliphatic heterocycles. The van der Waals surface area contributed by atoms with Gasteiger partial charge in [-0.15, -0.1) is 11.3 Å². The second kappa shape index (κ2) is 13.0. The zero-order valence-electron chi connectivity index (χ0n) is 24.7. The smallest absolute Gasteiger partial charge is 0.340 e. The van der Waals surface area contributed by atoms with Gasteiger partial charge in [-0.2, -0.15) is 4.57 Å². The van der Waals surface area contributed by atoms with Crippen molar-refractivity contribution in [1.82, 2.24) is 19.0 Å². The van der Waals surface area contributed by atoms with Gasteiger partial charge in [-0.1, -0.05) is 25.1 Å². The van der Waals surface area contributed by atoms with Crippen LogP contribution in [-0.4, -0.2) is 70.1 Å². The van der Waals surface area contributed by atoms with Crippen LogP contribution in [0.15, 0.2) is 50.7 Å². The number of ether oxygens (including phenoxy) is 3. The molecule has 1 fully saturated rings. The number of Topliss-reactive ketones (excluding diaryl/α,β-unsaturated/α-hetero) is 1. The molecule has 44 heavy (non-hydrogen) atoms. The van der Waals surface area contributed by atoms with Gasteiger partial charge in [0.05, 0.1) is 44.4 Å². The van der Waals surface area contributed by atoms with Crippen molar-refractivity contribution in [3.05, 3.63) is 73.6 Å². The van der Waals surface area contributed by atoms with Crippen LogP contribution in [0.5, 0.6) is 5.75 Å².